The molecule has 0 bridgehead atoms. The minimum Gasteiger partial charge on any atom is -0.342 e. The molecule has 0 aliphatic carbocycles. The van der Waals surface area contributed by atoms with Crippen LogP contribution in [0.1, 0.15) is 52.9 Å². The van der Waals surface area contributed by atoms with E-state index in [1.54, 1.807) is 11.8 Å². The second kappa shape index (κ2) is 7.63. The molecule has 0 saturated carbocycles. The van der Waals surface area contributed by atoms with E-state index in [4.69, 9.17) is 0 Å². The molecule has 19 heavy (non-hydrogen) atoms. The highest BCUT2D eigenvalue weighted by Crippen LogP contribution is 2.19. The molecule has 1 aliphatic heterocycles. The van der Waals surface area contributed by atoms with Crippen LogP contribution in [0.5, 0.6) is 0 Å². The van der Waals surface area contributed by atoms with Gasteiger partial charge in [-0.1, -0.05) is 12.8 Å². The minimum absolute atomic E-state index is 0.158. The quantitative estimate of drug-likeness (QED) is 0.766. The summed E-state index contributed by atoms with van der Waals surface area (Å²) >= 11 is 0. The minimum atomic E-state index is 0.158. The van der Waals surface area contributed by atoms with Crippen LogP contribution in [0, 0.1) is 0 Å². The SMILES string of the molecule is CC(=O)CC1CCCCCN1CC(=O)N(C)C(C)C. The molecule has 0 aromatic carbocycles. The molecular weight excluding hydrogens is 240 g/mol. The van der Waals surface area contributed by atoms with Crippen molar-refractivity contribution in [2.45, 2.75) is 65.0 Å². The maximum Gasteiger partial charge on any atom is 0.236 e. The number of likely N-dealkylation sites (N-methyl/N-ethyl adjacent to an activating group) is 1. The van der Waals surface area contributed by atoms with Gasteiger partial charge in [-0.3, -0.25) is 14.5 Å². The van der Waals surface area contributed by atoms with E-state index in [9.17, 15) is 9.59 Å². The van der Waals surface area contributed by atoms with E-state index in [-0.39, 0.29) is 23.8 Å². The van der Waals surface area contributed by atoms with Crippen LogP contribution in [0.4, 0.5) is 0 Å². The number of hydrogen-bond acceptors (Lipinski definition) is 3. The standard InChI is InChI=1S/C15H28N2O2/c1-12(2)16(4)15(19)11-17-9-7-5-6-8-14(17)10-13(3)18/h12,14H,5-11H2,1-4H3. The van der Waals surface area contributed by atoms with Crippen molar-refractivity contribution in [2.75, 3.05) is 20.1 Å². The molecular formula is C15H28N2O2. The number of carbonyl (C=O) groups excluding carboxylic acids is 2. The lowest BCUT2D eigenvalue weighted by Gasteiger charge is -2.31. The molecule has 4 nitrogen and oxygen atoms in total. The first kappa shape index (κ1) is 16.2. The third-order valence-corrected chi connectivity index (χ3v) is 4.03. The Balaban J connectivity index is 2.64. The fourth-order valence-electron chi connectivity index (χ4n) is 2.58. The lowest BCUT2D eigenvalue weighted by Crippen LogP contribution is -2.45. The highest BCUT2D eigenvalue weighted by Gasteiger charge is 2.25. The van der Waals surface area contributed by atoms with E-state index >= 15 is 0 Å². The summed E-state index contributed by atoms with van der Waals surface area (Å²) in [7, 11) is 1.85. The summed E-state index contributed by atoms with van der Waals surface area (Å²) < 4.78 is 0. The number of nitrogens with zero attached hydrogens (tertiary/aromatic N) is 2. The second-order valence-electron chi connectivity index (χ2n) is 5.98. The monoisotopic (exact) mass is 268 g/mol. The van der Waals surface area contributed by atoms with Crippen molar-refractivity contribution in [1.82, 2.24) is 9.80 Å². The summed E-state index contributed by atoms with van der Waals surface area (Å²) in [5.74, 6) is 0.381. The number of Topliss-reactive ketones (excluding diaryl/α,β-unsaturated/α-hetero) is 1. The van der Waals surface area contributed by atoms with Crippen molar-refractivity contribution in [1.29, 1.82) is 0 Å². The van der Waals surface area contributed by atoms with Crippen LogP contribution >= 0.6 is 0 Å². The average Bonchev–Trinajstić information content (AvgIpc) is 2.53. The summed E-state index contributed by atoms with van der Waals surface area (Å²) in [5.41, 5.74) is 0. The maximum absolute atomic E-state index is 12.2. The largest absolute Gasteiger partial charge is 0.342 e. The number of carbonyl (C=O) groups is 2. The van der Waals surface area contributed by atoms with E-state index in [0.717, 1.165) is 19.4 Å². The van der Waals surface area contributed by atoms with Gasteiger partial charge in [-0.25, -0.2) is 0 Å². The molecule has 1 amide bonds. The van der Waals surface area contributed by atoms with Gasteiger partial charge in [-0.2, -0.15) is 0 Å². The molecule has 1 fully saturated rings. The van der Waals surface area contributed by atoms with Crippen molar-refractivity contribution < 1.29 is 9.59 Å². The van der Waals surface area contributed by atoms with Gasteiger partial charge in [-0.15, -0.1) is 0 Å². The lowest BCUT2D eigenvalue weighted by atomic mass is 10.0. The topological polar surface area (TPSA) is 40.6 Å². The van der Waals surface area contributed by atoms with Gasteiger partial charge < -0.3 is 4.90 Å². The fourth-order valence-corrected chi connectivity index (χ4v) is 2.58. The molecule has 0 aromatic heterocycles. The second-order valence-corrected chi connectivity index (χ2v) is 5.98. The summed E-state index contributed by atoms with van der Waals surface area (Å²) in [6, 6.07) is 0.482. The molecule has 1 unspecified atom stereocenters. The molecule has 1 aliphatic rings. The van der Waals surface area contributed by atoms with Crippen LogP contribution in [0.3, 0.4) is 0 Å². The Morgan fingerprint density at radius 1 is 1.26 bits per heavy atom. The predicted molar refractivity (Wildman–Crippen MR) is 77.0 cm³/mol. The number of hydrogen-bond donors (Lipinski definition) is 0. The van der Waals surface area contributed by atoms with Crippen LogP contribution < -0.4 is 0 Å². The molecule has 0 aromatic rings. The number of ketones is 1. The van der Waals surface area contributed by atoms with Crippen LogP contribution in [0.15, 0.2) is 0 Å². The normalized spacial score (nSPS) is 21.2. The Labute approximate surface area is 117 Å². The Morgan fingerprint density at radius 2 is 1.95 bits per heavy atom. The molecule has 0 spiro atoms. The Kier molecular flexibility index (Phi) is 6.49. The lowest BCUT2D eigenvalue weighted by molar-refractivity contribution is -0.133. The molecule has 1 saturated heterocycles. The van der Waals surface area contributed by atoms with Crippen LogP contribution in [0.2, 0.25) is 0 Å². The highest BCUT2D eigenvalue weighted by atomic mass is 16.2. The third-order valence-electron chi connectivity index (χ3n) is 4.03. The molecule has 4 heteroatoms. The van der Waals surface area contributed by atoms with Crippen LogP contribution in [0.25, 0.3) is 0 Å². The van der Waals surface area contributed by atoms with E-state index in [2.05, 4.69) is 4.90 Å². The van der Waals surface area contributed by atoms with E-state index in [1.165, 1.54) is 12.8 Å². The highest BCUT2D eigenvalue weighted by molar-refractivity contribution is 5.79. The zero-order chi connectivity index (χ0) is 14.4. The Morgan fingerprint density at radius 3 is 2.53 bits per heavy atom. The van der Waals surface area contributed by atoms with Gasteiger partial charge in [0.25, 0.3) is 0 Å². The van der Waals surface area contributed by atoms with Crippen molar-refractivity contribution in [3.8, 4) is 0 Å². The molecule has 1 heterocycles. The first-order chi connectivity index (χ1) is 8.91. The van der Waals surface area contributed by atoms with Gasteiger partial charge in [0, 0.05) is 25.6 Å². The first-order valence-electron chi connectivity index (χ1n) is 7.41. The number of likely N-dealkylation sites (tertiary alicyclic amines) is 1. The van der Waals surface area contributed by atoms with Crippen LogP contribution in [-0.4, -0.2) is 53.7 Å². The van der Waals surface area contributed by atoms with Crippen molar-refractivity contribution in [2.24, 2.45) is 0 Å². The molecule has 110 valence electrons. The Bertz CT molecular complexity index is 315. The van der Waals surface area contributed by atoms with Gasteiger partial charge in [0.05, 0.1) is 6.54 Å². The van der Waals surface area contributed by atoms with Crippen molar-refractivity contribution >= 4 is 11.7 Å². The predicted octanol–water partition coefficient (Wildman–Crippen LogP) is 2.08. The maximum atomic E-state index is 12.2. The van der Waals surface area contributed by atoms with Gasteiger partial charge in [-0.05, 0) is 40.2 Å². The zero-order valence-corrected chi connectivity index (χ0v) is 12.8. The fraction of sp³-hybridized carbons (Fsp3) is 0.867. The van der Waals surface area contributed by atoms with Crippen molar-refractivity contribution in [3.63, 3.8) is 0 Å². The Hall–Kier alpha value is -0.900. The van der Waals surface area contributed by atoms with Gasteiger partial charge in [0.15, 0.2) is 0 Å². The van der Waals surface area contributed by atoms with Crippen LogP contribution in [-0.2, 0) is 9.59 Å². The summed E-state index contributed by atoms with van der Waals surface area (Å²) in [5, 5.41) is 0. The third kappa shape index (κ3) is 5.31. The van der Waals surface area contributed by atoms with Gasteiger partial charge in [0.2, 0.25) is 5.91 Å². The molecule has 1 rings (SSSR count). The summed E-state index contributed by atoms with van der Waals surface area (Å²) in [6.07, 6.45) is 5.13. The number of rotatable bonds is 5. The summed E-state index contributed by atoms with van der Waals surface area (Å²) in [6.45, 7) is 7.08. The van der Waals surface area contributed by atoms with E-state index in [0.29, 0.717) is 13.0 Å². The van der Waals surface area contributed by atoms with Gasteiger partial charge >= 0.3 is 0 Å². The average molecular weight is 268 g/mol. The van der Waals surface area contributed by atoms with E-state index in [1.807, 2.05) is 20.9 Å². The zero-order valence-electron chi connectivity index (χ0n) is 12.8. The summed E-state index contributed by atoms with van der Waals surface area (Å²) in [4.78, 5) is 27.6. The smallest absolute Gasteiger partial charge is 0.236 e. The number of amides is 1. The molecule has 1 atom stereocenters. The molecule has 0 N–H and O–H groups in total. The first-order valence-corrected chi connectivity index (χ1v) is 7.41. The molecule has 0 radical (unpaired) electrons. The van der Waals surface area contributed by atoms with Gasteiger partial charge in [0.1, 0.15) is 5.78 Å². The van der Waals surface area contributed by atoms with E-state index < -0.39 is 0 Å². The van der Waals surface area contributed by atoms with Crippen molar-refractivity contribution in [3.05, 3.63) is 0 Å².